The predicted molar refractivity (Wildman–Crippen MR) is 119 cm³/mol. The van der Waals surface area contributed by atoms with E-state index in [2.05, 4.69) is 6.58 Å². The fourth-order valence-corrected chi connectivity index (χ4v) is 3.97. The Morgan fingerprint density at radius 2 is 1.66 bits per heavy atom. The summed E-state index contributed by atoms with van der Waals surface area (Å²) in [6.07, 6.45) is 1.19. The number of benzene rings is 2. The molecule has 0 fully saturated rings. The molecule has 0 unspecified atom stereocenters. The smallest absolute Gasteiger partial charge is 0.410 e. The Kier molecular flexibility index (Phi) is 7.65. The summed E-state index contributed by atoms with van der Waals surface area (Å²) < 4.78 is 10.4. The van der Waals surface area contributed by atoms with Crippen molar-refractivity contribution in [1.29, 1.82) is 0 Å². The monoisotopic (exact) mass is 437 g/mol. The van der Waals surface area contributed by atoms with Crippen molar-refractivity contribution in [3.8, 4) is 11.1 Å². The van der Waals surface area contributed by atoms with Gasteiger partial charge in [-0.1, -0.05) is 61.2 Å². The highest BCUT2D eigenvalue weighted by atomic mass is 16.6. The second kappa shape index (κ2) is 10.6. The minimum absolute atomic E-state index is 0.0656. The van der Waals surface area contributed by atoms with Crippen molar-refractivity contribution >= 4 is 18.0 Å². The highest BCUT2D eigenvalue weighted by molar-refractivity contribution is 5.81. The Hall–Kier alpha value is -3.61. The number of carboxylic acid groups (broad SMARTS) is 1. The minimum Gasteiger partial charge on any atom is -0.480 e. The first-order chi connectivity index (χ1) is 15.4. The van der Waals surface area contributed by atoms with Crippen LogP contribution in [0.5, 0.6) is 0 Å². The van der Waals surface area contributed by atoms with Gasteiger partial charge in [0.1, 0.15) is 19.3 Å². The van der Waals surface area contributed by atoms with Crippen LogP contribution in [0.1, 0.15) is 36.3 Å². The van der Waals surface area contributed by atoms with Gasteiger partial charge in [-0.3, -0.25) is 9.69 Å². The predicted octanol–water partition coefficient (Wildman–Crippen LogP) is 4.22. The van der Waals surface area contributed by atoms with Gasteiger partial charge in [0.25, 0.3) is 0 Å². The van der Waals surface area contributed by atoms with E-state index in [1.807, 2.05) is 48.5 Å². The number of ether oxygens (including phenoxy) is 2. The van der Waals surface area contributed by atoms with E-state index in [0.29, 0.717) is 0 Å². The minimum atomic E-state index is -1.15. The van der Waals surface area contributed by atoms with Crippen LogP contribution in [0.15, 0.2) is 61.2 Å². The van der Waals surface area contributed by atoms with Crippen LogP contribution in [0.4, 0.5) is 4.79 Å². The van der Waals surface area contributed by atoms with E-state index in [0.717, 1.165) is 27.2 Å². The zero-order chi connectivity index (χ0) is 23.1. The second-order valence-corrected chi connectivity index (χ2v) is 7.63. The molecule has 0 bridgehead atoms. The topological polar surface area (TPSA) is 93.1 Å². The van der Waals surface area contributed by atoms with Gasteiger partial charge in [0.2, 0.25) is 0 Å². The van der Waals surface area contributed by atoms with E-state index < -0.39 is 24.1 Å². The number of rotatable bonds is 10. The number of nitrogens with zero attached hydrogens (tertiary/aromatic N) is 1. The third-order valence-electron chi connectivity index (χ3n) is 5.60. The molecule has 7 nitrogen and oxygen atoms in total. The maximum absolute atomic E-state index is 12.6. The second-order valence-electron chi connectivity index (χ2n) is 7.63. The Morgan fingerprint density at radius 1 is 1.06 bits per heavy atom. The average molecular weight is 437 g/mol. The van der Waals surface area contributed by atoms with Crippen LogP contribution in [0.25, 0.3) is 11.1 Å². The molecule has 1 aliphatic rings. The average Bonchev–Trinajstić information content (AvgIpc) is 3.12. The van der Waals surface area contributed by atoms with Crippen molar-refractivity contribution in [1.82, 2.24) is 4.90 Å². The van der Waals surface area contributed by atoms with Gasteiger partial charge in [-0.15, -0.1) is 0 Å². The number of hydrogen-bond acceptors (Lipinski definition) is 5. The van der Waals surface area contributed by atoms with Gasteiger partial charge in [0, 0.05) is 19.4 Å². The lowest BCUT2D eigenvalue weighted by atomic mass is 9.98. The number of fused-ring (bicyclic) bond motifs is 3. The molecule has 0 aromatic heterocycles. The number of carbonyl (C=O) groups excluding carboxylic acids is 2. The maximum atomic E-state index is 12.6. The van der Waals surface area contributed by atoms with E-state index in [9.17, 15) is 19.5 Å². The molecule has 1 amide bonds. The summed E-state index contributed by atoms with van der Waals surface area (Å²) in [5, 5.41) is 9.56. The first-order valence-electron chi connectivity index (χ1n) is 10.5. The maximum Gasteiger partial charge on any atom is 0.410 e. The van der Waals surface area contributed by atoms with Gasteiger partial charge in [0.05, 0.1) is 0 Å². The molecule has 7 heteroatoms. The summed E-state index contributed by atoms with van der Waals surface area (Å²) in [7, 11) is 1.40. The molecule has 0 saturated carbocycles. The van der Waals surface area contributed by atoms with Crippen molar-refractivity contribution in [2.24, 2.45) is 0 Å². The van der Waals surface area contributed by atoms with Crippen LogP contribution >= 0.6 is 0 Å². The Labute approximate surface area is 187 Å². The highest BCUT2D eigenvalue weighted by Gasteiger charge is 2.31. The number of esters is 1. The fourth-order valence-electron chi connectivity index (χ4n) is 3.97. The molecule has 0 aliphatic heterocycles. The number of aliphatic carboxylic acids is 1. The van der Waals surface area contributed by atoms with E-state index in [1.54, 1.807) is 0 Å². The SMILES string of the molecule is C=CCOC(=O)CCC[C@H](C(=O)O)N(C)C(=O)OCC1c2ccccc2-c2ccccc21. The molecule has 1 atom stereocenters. The molecule has 2 aromatic rings. The summed E-state index contributed by atoms with van der Waals surface area (Å²) in [4.78, 5) is 37.0. The Morgan fingerprint density at radius 3 is 2.22 bits per heavy atom. The third kappa shape index (κ3) is 5.17. The number of amides is 1. The van der Waals surface area contributed by atoms with Gasteiger partial charge in [-0.2, -0.15) is 0 Å². The van der Waals surface area contributed by atoms with Crippen molar-refractivity contribution in [3.05, 3.63) is 72.3 Å². The molecular weight excluding hydrogens is 410 g/mol. The van der Waals surface area contributed by atoms with Crippen LogP contribution in [0.3, 0.4) is 0 Å². The van der Waals surface area contributed by atoms with E-state index in [-0.39, 0.29) is 38.4 Å². The van der Waals surface area contributed by atoms with E-state index in [1.165, 1.54) is 13.1 Å². The summed E-state index contributed by atoms with van der Waals surface area (Å²) in [6.45, 7) is 3.69. The first kappa shape index (κ1) is 23.1. The van der Waals surface area contributed by atoms with Gasteiger partial charge >= 0.3 is 18.0 Å². The standard InChI is InChI=1S/C25H27NO6/c1-3-15-31-23(27)14-8-13-22(24(28)29)26(2)25(30)32-16-21-19-11-6-4-9-17(19)18-10-5-7-12-20(18)21/h3-7,9-12,21-22H,1,8,13-16H2,2H3,(H,28,29)/t22-/m1/s1. The molecular formula is C25H27NO6. The first-order valence-corrected chi connectivity index (χ1v) is 10.5. The summed E-state index contributed by atoms with van der Waals surface area (Å²) in [5.74, 6) is -1.69. The Balaban J connectivity index is 1.60. The van der Waals surface area contributed by atoms with Gasteiger partial charge in [0.15, 0.2) is 0 Å². The summed E-state index contributed by atoms with van der Waals surface area (Å²) >= 11 is 0. The van der Waals surface area contributed by atoms with Crippen LogP contribution < -0.4 is 0 Å². The van der Waals surface area contributed by atoms with Crippen LogP contribution in [0, 0.1) is 0 Å². The van der Waals surface area contributed by atoms with Gasteiger partial charge in [-0.05, 0) is 35.1 Å². The molecule has 1 N–H and O–H groups in total. The molecule has 2 aromatic carbocycles. The lowest BCUT2D eigenvalue weighted by Gasteiger charge is -2.25. The third-order valence-corrected chi connectivity index (χ3v) is 5.60. The van der Waals surface area contributed by atoms with Crippen molar-refractivity contribution in [2.75, 3.05) is 20.3 Å². The van der Waals surface area contributed by atoms with Crippen LogP contribution in [0.2, 0.25) is 0 Å². The normalized spacial score (nSPS) is 12.9. The number of likely N-dealkylation sites (N-methyl/N-ethyl adjacent to an activating group) is 1. The molecule has 168 valence electrons. The number of hydrogen-bond donors (Lipinski definition) is 1. The molecule has 3 rings (SSSR count). The van der Waals surface area contributed by atoms with Gasteiger partial charge < -0.3 is 14.6 Å². The summed E-state index contributed by atoms with van der Waals surface area (Å²) in [5.41, 5.74) is 4.39. The molecule has 0 saturated heterocycles. The Bertz CT molecular complexity index is 956. The molecule has 0 radical (unpaired) electrons. The van der Waals surface area contributed by atoms with Gasteiger partial charge in [-0.25, -0.2) is 9.59 Å². The number of carboxylic acids is 1. The largest absolute Gasteiger partial charge is 0.480 e. The molecule has 1 aliphatic carbocycles. The molecule has 32 heavy (non-hydrogen) atoms. The zero-order valence-electron chi connectivity index (χ0n) is 18.0. The van der Waals surface area contributed by atoms with Crippen molar-refractivity contribution < 1.29 is 29.0 Å². The molecule has 0 spiro atoms. The molecule has 0 heterocycles. The quantitative estimate of drug-likeness (QED) is 0.442. The van der Waals surface area contributed by atoms with Crippen molar-refractivity contribution in [2.45, 2.75) is 31.2 Å². The summed E-state index contributed by atoms with van der Waals surface area (Å²) in [6, 6.07) is 14.9. The van der Waals surface area contributed by atoms with Crippen LogP contribution in [-0.4, -0.2) is 54.3 Å². The van der Waals surface area contributed by atoms with Crippen LogP contribution in [-0.2, 0) is 19.1 Å². The van der Waals surface area contributed by atoms with E-state index >= 15 is 0 Å². The van der Waals surface area contributed by atoms with Crippen molar-refractivity contribution in [3.63, 3.8) is 0 Å². The zero-order valence-corrected chi connectivity index (χ0v) is 18.0. The van der Waals surface area contributed by atoms with E-state index in [4.69, 9.17) is 9.47 Å². The lowest BCUT2D eigenvalue weighted by molar-refractivity contribution is -0.145. The lowest BCUT2D eigenvalue weighted by Crippen LogP contribution is -2.43. The highest BCUT2D eigenvalue weighted by Crippen LogP contribution is 2.44. The number of carbonyl (C=O) groups is 3. The fraction of sp³-hybridized carbons (Fsp3) is 0.320.